The van der Waals surface area contributed by atoms with Crippen molar-refractivity contribution in [2.75, 3.05) is 10.2 Å². The van der Waals surface area contributed by atoms with Crippen LogP contribution < -0.4 is 10.2 Å². The van der Waals surface area contributed by atoms with Gasteiger partial charge in [0, 0.05) is 15.7 Å². The van der Waals surface area contributed by atoms with Gasteiger partial charge in [0.15, 0.2) is 0 Å². The van der Waals surface area contributed by atoms with Gasteiger partial charge < -0.3 is 5.32 Å². The fraction of sp³-hybridized carbons (Fsp3) is 0. The van der Waals surface area contributed by atoms with Crippen LogP contribution in [-0.4, -0.2) is 11.8 Å². The van der Waals surface area contributed by atoms with Crippen molar-refractivity contribution in [3.05, 3.63) is 69.3 Å². The molecule has 2 aromatic carbocycles. The van der Waals surface area contributed by atoms with Crippen molar-refractivity contribution in [1.82, 2.24) is 0 Å². The highest BCUT2D eigenvalue weighted by Crippen LogP contribution is 2.30. The highest BCUT2D eigenvalue weighted by atomic mass is 35.5. The number of amides is 2. The van der Waals surface area contributed by atoms with Crippen molar-refractivity contribution in [3.8, 4) is 0 Å². The molecule has 1 aliphatic heterocycles. The second-order valence-electron chi connectivity index (χ2n) is 4.74. The van der Waals surface area contributed by atoms with E-state index in [2.05, 4.69) is 5.32 Å². The molecule has 0 saturated carbocycles. The van der Waals surface area contributed by atoms with Gasteiger partial charge in [0.25, 0.3) is 11.8 Å². The van der Waals surface area contributed by atoms with Crippen LogP contribution in [0.3, 0.4) is 0 Å². The van der Waals surface area contributed by atoms with Gasteiger partial charge in [-0.15, -0.1) is 0 Å². The molecule has 0 fully saturated rings. The number of nitrogens with one attached hydrogen (secondary N) is 1. The monoisotopic (exact) mass is 366 g/mol. The maximum absolute atomic E-state index is 12.5. The molecule has 7 heteroatoms. The summed E-state index contributed by atoms with van der Waals surface area (Å²) in [5.74, 6) is -1.12. The summed E-state index contributed by atoms with van der Waals surface area (Å²) in [5.41, 5.74) is 1.02. The van der Waals surface area contributed by atoms with Crippen LogP contribution in [-0.2, 0) is 9.59 Å². The molecule has 4 nitrogen and oxygen atoms in total. The first-order valence-corrected chi connectivity index (χ1v) is 7.67. The van der Waals surface area contributed by atoms with Crippen LogP contribution in [0.25, 0.3) is 0 Å². The summed E-state index contributed by atoms with van der Waals surface area (Å²) in [7, 11) is 0. The van der Waals surface area contributed by atoms with E-state index in [1.165, 1.54) is 0 Å². The van der Waals surface area contributed by atoms with Gasteiger partial charge in [0.1, 0.15) is 10.7 Å². The Hall–Kier alpha value is -2.01. The molecular weight excluding hydrogens is 359 g/mol. The lowest BCUT2D eigenvalue weighted by Gasteiger charge is -2.15. The first-order chi connectivity index (χ1) is 11.0. The standard InChI is InChI=1S/C16H9Cl3N2O2/c17-9-1-5-11(6-2-9)20-14-13(19)15(22)21(16(14)23)12-7-3-10(18)4-8-12/h1-8,20H. The normalized spacial score (nSPS) is 14.7. The van der Waals surface area contributed by atoms with Crippen LogP contribution in [0.1, 0.15) is 0 Å². The van der Waals surface area contributed by atoms with Gasteiger partial charge in [-0.1, -0.05) is 34.8 Å². The predicted octanol–water partition coefficient (Wildman–Crippen LogP) is 4.43. The predicted molar refractivity (Wildman–Crippen MR) is 91.9 cm³/mol. The number of carbonyl (C=O) groups excluding carboxylic acids is 2. The second kappa shape index (κ2) is 6.24. The molecular formula is C16H9Cl3N2O2. The molecule has 0 aromatic heterocycles. The maximum Gasteiger partial charge on any atom is 0.283 e. The van der Waals surface area contributed by atoms with Crippen LogP contribution in [0.5, 0.6) is 0 Å². The average molecular weight is 368 g/mol. The number of carbonyl (C=O) groups is 2. The highest BCUT2D eigenvalue weighted by molar-refractivity contribution is 6.53. The Labute approximate surface area is 147 Å². The Morgan fingerprint density at radius 2 is 1.26 bits per heavy atom. The molecule has 0 radical (unpaired) electrons. The van der Waals surface area contributed by atoms with Gasteiger partial charge in [-0.05, 0) is 48.5 Å². The van der Waals surface area contributed by atoms with E-state index in [0.717, 1.165) is 4.90 Å². The smallest absolute Gasteiger partial charge is 0.283 e. The number of hydrogen-bond acceptors (Lipinski definition) is 3. The number of anilines is 2. The van der Waals surface area contributed by atoms with Crippen LogP contribution in [0, 0.1) is 0 Å². The zero-order valence-corrected chi connectivity index (χ0v) is 13.8. The third kappa shape index (κ3) is 3.06. The largest absolute Gasteiger partial charge is 0.350 e. The topological polar surface area (TPSA) is 49.4 Å². The molecule has 1 heterocycles. The summed E-state index contributed by atoms with van der Waals surface area (Å²) in [6.07, 6.45) is 0. The molecule has 2 amide bonds. The van der Waals surface area contributed by atoms with Crippen molar-refractivity contribution < 1.29 is 9.59 Å². The van der Waals surface area contributed by atoms with E-state index in [1.807, 2.05) is 0 Å². The fourth-order valence-corrected chi connectivity index (χ4v) is 2.58. The first-order valence-electron chi connectivity index (χ1n) is 6.54. The average Bonchev–Trinajstić information content (AvgIpc) is 2.74. The lowest BCUT2D eigenvalue weighted by Crippen LogP contribution is -2.32. The summed E-state index contributed by atoms with van der Waals surface area (Å²) >= 11 is 17.7. The number of imide groups is 1. The van der Waals surface area contributed by atoms with Crippen molar-refractivity contribution in [1.29, 1.82) is 0 Å². The Morgan fingerprint density at radius 3 is 1.83 bits per heavy atom. The molecule has 116 valence electrons. The van der Waals surface area contributed by atoms with Crippen molar-refractivity contribution in [3.63, 3.8) is 0 Å². The summed E-state index contributed by atoms with van der Waals surface area (Å²) in [5, 5.41) is 3.76. The van der Waals surface area contributed by atoms with Crippen LogP contribution in [0.15, 0.2) is 59.3 Å². The van der Waals surface area contributed by atoms with E-state index in [-0.39, 0.29) is 10.7 Å². The van der Waals surface area contributed by atoms with E-state index < -0.39 is 11.8 Å². The summed E-state index contributed by atoms with van der Waals surface area (Å²) < 4.78 is 0. The van der Waals surface area contributed by atoms with Crippen LogP contribution in [0.4, 0.5) is 11.4 Å². The molecule has 1 aliphatic rings. The molecule has 3 rings (SSSR count). The van der Waals surface area contributed by atoms with Gasteiger partial charge in [-0.3, -0.25) is 9.59 Å². The van der Waals surface area contributed by atoms with Crippen molar-refractivity contribution in [2.45, 2.75) is 0 Å². The van der Waals surface area contributed by atoms with Gasteiger partial charge >= 0.3 is 0 Å². The van der Waals surface area contributed by atoms with E-state index in [4.69, 9.17) is 34.8 Å². The minimum absolute atomic E-state index is 0.0222. The molecule has 0 spiro atoms. The SMILES string of the molecule is O=C1C(Cl)=C(Nc2ccc(Cl)cc2)C(=O)N1c1ccc(Cl)cc1. The minimum atomic E-state index is -0.588. The second-order valence-corrected chi connectivity index (χ2v) is 5.99. The fourth-order valence-electron chi connectivity index (χ4n) is 2.11. The molecule has 0 unspecified atom stereocenters. The number of nitrogens with zero attached hydrogens (tertiary/aromatic N) is 1. The van der Waals surface area contributed by atoms with Crippen LogP contribution >= 0.6 is 34.8 Å². The van der Waals surface area contributed by atoms with E-state index in [9.17, 15) is 9.59 Å². The molecule has 2 aromatic rings. The lowest BCUT2D eigenvalue weighted by molar-refractivity contribution is -0.120. The van der Waals surface area contributed by atoms with E-state index in [1.54, 1.807) is 48.5 Å². The third-order valence-electron chi connectivity index (χ3n) is 3.23. The van der Waals surface area contributed by atoms with Gasteiger partial charge in [-0.2, -0.15) is 0 Å². The maximum atomic E-state index is 12.5. The number of benzene rings is 2. The van der Waals surface area contributed by atoms with Crippen molar-refractivity contribution in [2.24, 2.45) is 0 Å². The minimum Gasteiger partial charge on any atom is -0.350 e. The summed E-state index contributed by atoms with van der Waals surface area (Å²) in [4.78, 5) is 25.8. The zero-order valence-electron chi connectivity index (χ0n) is 11.5. The Kier molecular flexibility index (Phi) is 4.31. The highest BCUT2D eigenvalue weighted by Gasteiger charge is 2.38. The lowest BCUT2D eigenvalue weighted by atomic mass is 10.3. The molecule has 0 bridgehead atoms. The molecule has 1 N–H and O–H groups in total. The summed E-state index contributed by atoms with van der Waals surface area (Å²) in [6, 6.07) is 13.0. The molecule has 23 heavy (non-hydrogen) atoms. The number of halogens is 3. The molecule has 0 saturated heterocycles. The Morgan fingerprint density at radius 1 is 0.739 bits per heavy atom. The first kappa shape index (κ1) is 15.9. The zero-order chi connectivity index (χ0) is 16.6. The van der Waals surface area contributed by atoms with Gasteiger partial charge in [0.05, 0.1) is 5.69 Å². The Balaban J connectivity index is 1.90. The van der Waals surface area contributed by atoms with Crippen LogP contribution in [0.2, 0.25) is 10.0 Å². The van der Waals surface area contributed by atoms with E-state index in [0.29, 0.717) is 21.4 Å². The van der Waals surface area contributed by atoms with Gasteiger partial charge in [0.2, 0.25) is 0 Å². The van der Waals surface area contributed by atoms with Gasteiger partial charge in [-0.25, -0.2) is 4.90 Å². The summed E-state index contributed by atoms with van der Waals surface area (Å²) in [6.45, 7) is 0. The van der Waals surface area contributed by atoms with Crippen molar-refractivity contribution >= 4 is 58.0 Å². The number of rotatable bonds is 3. The third-order valence-corrected chi connectivity index (χ3v) is 4.08. The quantitative estimate of drug-likeness (QED) is 0.817. The van der Waals surface area contributed by atoms with E-state index >= 15 is 0 Å². The molecule has 0 aliphatic carbocycles. The Bertz CT molecular complexity index is 814. The molecule has 0 atom stereocenters. The number of hydrogen-bond donors (Lipinski definition) is 1.